The molecule has 1 aliphatic rings. The van der Waals surface area contributed by atoms with Crippen LogP contribution in [0.2, 0.25) is 10.0 Å². The lowest BCUT2D eigenvalue weighted by atomic mass is 9.67. The average molecular weight is 519 g/mol. The van der Waals surface area contributed by atoms with Crippen LogP contribution in [0.4, 0.5) is 0 Å². The Kier molecular flexibility index (Phi) is 9.23. The van der Waals surface area contributed by atoms with E-state index < -0.39 is 5.41 Å². The summed E-state index contributed by atoms with van der Waals surface area (Å²) in [6.45, 7) is 15.0. The maximum atomic E-state index is 14.3. The summed E-state index contributed by atoms with van der Waals surface area (Å²) in [5, 5.41) is 1.92. The number of carbonyl (C=O) groups is 1. The van der Waals surface area contributed by atoms with Crippen LogP contribution in [-0.4, -0.2) is 27.9 Å². The standard InChI is InChI=1S/C29H37Cl2NOS/c1-7-15-29(6)17-25(22-9-8-10-24(31)16-22)27(21-11-13-23(30)14-12-21)32(28(29)33)26(19(2)3)18-34-20(4)5/h7-14,16,19-20,25-27H,1,15,17-18H2,2-6H3/t25-,26-,27-,29+/m1/s1. The molecule has 5 heteroatoms. The van der Waals surface area contributed by atoms with Crippen molar-refractivity contribution in [1.82, 2.24) is 4.90 Å². The topological polar surface area (TPSA) is 20.3 Å². The summed E-state index contributed by atoms with van der Waals surface area (Å²) < 4.78 is 0. The fourth-order valence-corrected chi connectivity index (χ4v) is 6.59. The molecule has 1 amide bonds. The van der Waals surface area contributed by atoms with Crippen LogP contribution in [0.1, 0.15) is 70.5 Å². The highest BCUT2D eigenvalue weighted by Gasteiger charge is 2.51. The van der Waals surface area contributed by atoms with Crippen LogP contribution in [-0.2, 0) is 4.79 Å². The van der Waals surface area contributed by atoms with E-state index in [2.05, 4.69) is 70.4 Å². The quantitative estimate of drug-likeness (QED) is 0.309. The Balaban J connectivity index is 2.22. The van der Waals surface area contributed by atoms with Gasteiger partial charge >= 0.3 is 0 Å². The van der Waals surface area contributed by atoms with Crippen molar-refractivity contribution in [2.24, 2.45) is 11.3 Å². The molecule has 1 aliphatic heterocycles. The Morgan fingerprint density at radius 2 is 1.76 bits per heavy atom. The van der Waals surface area contributed by atoms with Crippen LogP contribution in [0.15, 0.2) is 61.2 Å². The Bertz CT molecular complexity index is 990. The molecular weight excluding hydrogens is 481 g/mol. The van der Waals surface area contributed by atoms with Crippen LogP contribution in [0.25, 0.3) is 0 Å². The predicted octanol–water partition coefficient (Wildman–Crippen LogP) is 8.80. The number of piperidine rings is 1. The molecule has 3 rings (SSSR count). The summed E-state index contributed by atoms with van der Waals surface area (Å²) in [7, 11) is 0. The Hall–Kier alpha value is -1.42. The van der Waals surface area contributed by atoms with Gasteiger partial charge < -0.3 is 4.90 Å². The zero-order valence-electron chi connectivity index (χ0n) is 20.9. The maximum absolute atomic E-state index is 14.3. The van der Waals surface area contributed by atoms with E-state index >= 15 is 0 Å². The maximum Gasteiger partial charge on any atom is 0.229 e. The van der Waals surface area contributed by atoms with Crippen molar-refractivity contribution in [3.05, 3.63) is 82.4 Å². The molecule has 0 saturated carbocycles. The first kappa shape index (κ1) is 27.2. The van der Waals surface area contributed by atoms with Crippen molar-refractivity contribution in [3.8, 4) is 0 Å². The smallest absolute Gasteiger partial charge is 0.229 e. The minimum atomic E-state index is -0.521. The number of benzene rings is 2. The van der Waals surface area contributed by atoms with Crippen molar-refractivity contribution >= 4 is 40.9 Å². The van der Waals surface area contributed by atoms with E-state index in [4.69, 9.17) is 23.2 Å². The van der Waals surface area contributed by atoms with Gasteiger partial charge in [-0.25, -0.2) is 0 Å². The summed E-state index contributed by atoms with van der Waals surface area (Å²) in [6, 6.07) is 16.2. The normalized spacial score (nSPS) is 24.0. The van der Waals surface area contributed by atoms with Crippen molar-refractivity contribution in [3.63, 3.8) is 0 Å². The van der Waals surface area contributed by atoms with E-state index in [9.17, 15) is 4.79 Å². The van der Waals surface area contributed by atoms with Gasteiger partial charge in [-0.15, -0.1) is 6.58 Å². The first-order valence-electron chi connectivity index (χ1n) is 12.1. The van der Waals surface area contributed by atoms with E-state index in [-0.39, 0.29) is 23.9 Å². The summed E-state index contributed by atoms with van der Waals surface area (Å²) in [5.41, 5.74) is 1.76. The first-order chi connectivity index (χ1) is 16.1. The number of likely N-dealkylation sites (tertiary alicyclic amines) is 1. The van der Waals surface area contributed by atoms with Crippen molar-refractivity contribution in [1.29, 1.82) is 0 Å². The zero-order valence-corrected chi connectivity index (χ0v) is 23.3. The van der Waals surface area contributed by atoms with Crippen molar-refractivity contribution in [2.75, 3.05) is 5.75 Å². The highest BCUT2D eigenvalue weighted by atomic mass is 35.5. The van der Waals surface area contributed by atoms with E-state index in [1.807, 2.05) is 42.1 Å². The van der Waals surface area contributed by atoms with Gasteiger partial charge in [0.1, 0.15) is 0 Å². The monoisotopic (exact) mass is 517 g/mol. The fourth-order valence-electron chi connectivity index (χ4n) is 5.14. The van der Waals surface area contributed by atoms with Gasteiger partial charge in [-0.1, -0.05) is 88.2 Å². The molecule has 2 aromatic carbocycles. The van der Waals surface area contributed by atoms with Gasteiger partial charge in [0.15, 0.2) is 0 Å². The second-order valence-electron chi connectivity index (χ2n) is 10.3. The minimum absolute atomic E-state index is 0.0960. The zero-order chi connectivity index (χ0) is 25.0. The van der Waals surface area contributed by atoms with Gasteiger partial charge in [0.25, 0.3) is 0 Å². The number of amides is 1. The summed E-state index contributed by atoms with van der Waals surface area (Å²) >= 11 is 14.6. The number of thioether (sulfide) groups is 1. The summed E-state index contributed by atoms with van der Waals surface area (Å²) in [6.07, 6.45) is 3.28. The lowest BCUT2D eigenvalue weighted by molar-refractivity contribution is -0.155. The molecule has 184 valence electrons. The van der Waals surface area contributed by atoms with Crippen LogP contribution < -0.4 is 0 Å². The number of nitrogens with zero attached hydrogens (tertiary/aromatic N) is 1. The van der Waals surface area contributed by atoms with E-state index in [0.29, 0.717) is 22.6 Å². The lowest BCUT2D eigenvalue weighted by Gasteiger charge is -2.53. The van der Waals surface area contributed by atoms with E-state index in [0.717, 1.165) is 22.8 Å². The molecule has 0 aromatic heterocycles. The molecule has 0 radical (unpaired) electrons. The lowest BCUT2D eigenvalue weighted by Crippen LogP contribution is -2.57. The Morgan fingerprint density at radius 1 is 1.09 bits per heavy atom. The van der Waals surface area contributed by atoms with Crippen LogP contribution in [0, 0.1) is 11.3 Å². The van der Waals surface area contributed by atoms with Gasteiger partial charge in [-0.3, -0.25) is 4.79 Å². The molecule has 0 N–H and O–H groups in total. The third kappa shape index (κ3) is 6.04. The second kappa shape index (κ2) is 11.5. The van der Waals surface area contributed by atoms with Gasteiger partial charge in [-0.2, -0.15) is 11.8 Å². The van der Waals surface area contributed by atoms with Crippen molar-refractivity contribution < 1.29 is 4.79 Å². The molecule has 0 unspecified atom stereocenters. The number of rotatable bonds is 9. The third-order valence-corrected chi connectivity index (χ3v) is 8.60. The summed E-state index contributed by atoms with van der Waals surface area (Å²) in [4.78, 5) is 16.5. The molecule has 34 heavy (non-hydrogen) atoms. The molecular formula is C29H37Cl2NOS. The highest BCUT2D eigenvalue weighted by Crippen LogP contribution is 2.52. The first-order valence-corrected chi connectivity index (χ1v) is 13.9. The van der Waals surface area contributed by atoms with Gasteiger partial charge in [0.2, 0.25) is 5.91 Å². The third-order valence-electron chi connectivity index (χ3n) is 6.91. The van der Waals surface area contributed by atoms with Crippen LogP contribution in [0.3, 0.4) is 0 Å². The second-order valence-corrected chi connectivity index (χ2v) is 12.8. The number of hydrogen-bond donors (Lipinski definition) is 0. The van der Waals surface area contributed by atoms with Gasteiger partial charge in [0.05, 0.1) is 11.5 Å². The molecule has 2 aromatic rings. The van der Waals surface area contributed by atoms with Crippen molar-refractivity contribution in [2.45, 2.75) is 70.7 Å². The number of halogens is 2. The molecule has 1 heterocycles. The molecule has 4 atom stereocenters. The number of allylic oxidation sites excluding steroid dienone is 1. The van der Waals surface area contributed by atoms with E-state index in [1.54, 1.807) is 0 Å². The van der Waals surface area contributed by atoms with Gasteiger partial charge in [-0.05, 0) is 59.4 Å². The number of carbonyl (C=O) groups excluding carboxylic acids is 1. The minimum Gasteiger partial charge on any atom is -0.330 e. The molecule has 0 spiro atoms. The average Bonchev–Trinajstić information content (AvgIpc) is 2.77. The number of hydrogen-bond acceptors (Lipinski definition) is 2. The molecule has 0 bridgehead atoms. The van der Waals surface area contributed by atoms with Gasteiger partial charge in [0, 0.05) is 27.8 Å². The molecule has 1 fully saturated rings. The largest absolute Gasteiger partial charge is 0.330 e. The predicted molar refractivity (Wildman–Crippen MR) is 149 cm³/mol. The van der Waals surface area contributed by atoms with Crippen LogP contribution in [0.5, 0.6) is 0 Å². The Morgan fingerprint density at radius 3 is 2.32 bits per heavy atom. The molecule has 1 saturated heterocycles. The fraction of sp³-hybridized carbons (Fsp3) is 0.483. The van der Waals surface area contributed by atoms with E-state index in [1.165, 1.54) is 5.56 Å². The summed E-state index contributed by atoms with van der Waals surface area (Å²) in [5.74, 6) is 1.54. The molecule has 0 aliphatic carbocycles. The molecule has 2 nitrogen and oxygen atoms in total. The Labute approximate surface area is 220 Å². The highest BCUT2D eigenvalue weighted by molar-refractivity contribution is 7.99. The van der Waals surface area contributed by atoms with Crippen LogP contribution >= 0.6 is 35.0 Å². The SMILES string of the molecule is C=CC[C@@]1(C)C[C@H](c2cccc(Cl)c2)[C@@H](c2ccc(Cl)cc2)N([C@H](CSC(C)C)C(C)C)C1=O.